The first-order valence-electron chi connectivity index (χ1n) is 6.52. The summed E-state index contributed by atoms with van der Waals surface area (Å²) in [6.07, 6.45) is 5.94. The largest absolute Gasteiger partial charge is 0.286 e. The van der Waals surface area contributed by atoms with Crippen LogP contribution in [0.15, 0.2) is 34.3 Å². The maximum absolute atomic E-state index is 11.7. The summed E-state index contributed by atoms with van der Waals surface area (Å²) in [5, 5.41) is 0. The third-order valence-electron chi connectivity index (χ3n) is 3.27. The Hall–Kier alpha value is -1.73. The van der Waals surface area contributed by atoms with Crippen LogP contribution in [-0.4, -0.2) is 18.0 Å². The molecule has 1 aromatic rings. The van der Waals surface area contributed by atoms with Crippen LogP contribution in [0.25, 0.3) is 0 Å². The van der Waals surface area contributed by atoms with Crippen molar-refractivity contribution in [2.24, 2.45) is 9.98 Å². The van der Waals surface area contributed by atoms with Crippen molar-refractivity contribution in [3.8, 4) is 0 Å². The summed E-state index contributed by atoms with van der Waals surface area (Å²) in [5.74, 6) is -0.269. The van der Waals surface area contributed by atoms with Crippen LogP contribution in [0.2, 0.25) is 0 Å². The van der Waals surface area contributed by atoms with Crippen LogP contribution in [0.1, 0.15) is 48.0 Å². The van der Waals surface area contributed by atoms with E-state index in [-0.39, 0.29) is 5.91 Å². The number of amides is 1. The maximum Gasteiger partial charge on any atom is 0.286 e. The van der Waals surface area contributed by atoms with Gasteiger partial charge in [-0.3, -0.25) is 4.79 Å². The molecule has 1 fully saturated rings. The molecular formula is C15H18N2O. The molecular weight excluding hydrogens is 224 g/mol. The zero-order valence-electron chi connectivity index (χ0n) is 10.7. The fourth-order valence-corrected chi connectivity index (χ4v) is 2.13. The zero-order valence-corrected chi connectivity index (χ0v) is 10.7. The van der Waals surface area contributed by atoms with Crippen molar-refractivity contribution in [1.29, 1.82) is 0 Å². The highest BCUT2D eigenvalue weighted by molar-refractivity contribution is 5.97. The Bertz CT molecular complexity index is 464. The SMILES string of the molecule is Cc1ccc(C(=O)N=C=NC2CCCCC2)cc1. The number of rotatable bonds is 2. The second-order valence-corrected chi connectivity index (χ2v) is 4.80. The van der Waals surface area contributed by atoms with E-state index < -0.39 is 0 Å². The molecule has 0 spiro atoms. The smallest absolute Gasteiger partial charge is 0.266 e. The standard InChI is InChI=1S/C15H18N2O/c1-12-7-9-13(10-8-12)15(18)17-11-16-14-5-3-2-4-6-14/h7-10,14H,2-6H2,1H3. The Labute approximate surface area is 108 Å². The van der Waals surface area contributed by atoms with Gasteiger partial charge in [0.2, 0.25) is 0 Å². The van der Waals surface area contributed by atoms with Gasteiger partial charge in [0.15, 0.2) is 0 Å². The van der Waals surface area contributed by atoms with Crippen LogP contribution in [0.3, 0.4) is 0 Å². The van der Waals surface area contributed by atoms with E-state index in [1.165, 1.54) is 19.3 Å². The lowest BCUT2D eigenvalue weighted by atomic mass is 9.96. The highest BCUT2D eigenvalue weighted by Crippen LogP contribution is 2.19. The van der Waals surface area contributed by atoms with E-state index in [1.807, 2.05) is 19.1 Å². The van der Waals surface area contributed by atoms with Crippen LogP contribution >= 0.6 is 0 Å². The number of aryl methyl sites for hydroxylation is 1. The zero-order chi connectivity index (χ0) is 12.8. The summed E-state index contributed by atoms with van der Waals surface area (Å²) in [7, 11) is 0. The first-order chi connectivity index (χ1) is 8.75. The molecule has 1 saturated carbocycles. The fraction of sp³-hybridized carbons (Fsp3) is 0.467. The van der Waals surface area contributed by atoms with Crippen LogP contribution in [0.5, 0.6) is 0 Å². The van der Waals surface area contributed by atoms with Gasteiger partial charge in [-0.25, -0.2) is 4.99 Å². The van der Waals surface area contributed by atoms with Crippen LogP contribution < -0.4 is 0 Å². The molecule has 94 valence electrons. The second kappa shape index (κ2) is 6.27. The van der Waals surface area contributed by atoms with Crippen molar-refractivity contribution >= 4 is 11.9 Å². The first kappa shape index (κ1) is 12.7. The van der Waals surface area contributed by atoms with E-state index in [2.05, 4.69) is 16.0 Å². The molecule has 0 aliphatic heterocycles. The predicted molar refractivity (Wildman–Crippen MR) is 72.2 cm³/mol. The first-order valence-corrected chi connectivity index (χ1v) is 6.52. The number of benzene rings is 1. The van der Waals surface area contributed by atoms with Crippen molar-refractivity contribution in [1.82, 2.24) is 0 Å². The highest BCUT2D eigenvalue weighted by atomic mass is 16.1. The van der Waals surface area contributed by atoms with Crippen molar-refractivity contribution in [3.63, 3.8) is 0 Å². The van der Waals surface area contributed by atoms with Crippen LogP contribution in [0, 0.1) is 6.92 Å². The van der Waals surface area contributed by atoms with Gasteiger partial charge in [0.25, 0.3) is 5.91 Å². The van der Waals surface area contributed by atoms with E-state index in [0.717, 1.165) is 18.4 Å². The van der Waals surface area contributed by atoms with Gasteiger partial charge in [-0.05, 0) is 31.9 Å². The molecule has 0 saturated heterocycles. The number of aliphatic imine (C=N–C) groups is 2. The number of nitrogens with zero attached hydrogens (tertiary/aromatic N) is 2. The molecule has 0 N–H and O–H groups in total. The normalized spacial score (nSPS) is 15.8. The lowest BCUT2D eigenvalue weighted by Crippen LogP contribution is -2.08. The van der Waals surface area contributed by atoms with E-state index in [0.29, 0.717) is 11.6 Å². The average Bonchev–Trinajstić information content (AvgIpc) is 2.40. The summed E-state index contributed by atoms with van der Waals surface area (Å²) in [5.41, 5.74) is 1.72. The van der Waals surface area contributed by atoms with Gasteiger partial charge in [0, 0.05) is 5.56 Å². The Kier molecular flexibility index (Phi) is 4.43. The summed E-state index contributed by atoms with van der Waals surface area (Å²) >= 11 is 0. The van der Waals surface area contributed by atoms with Gasteiger partial charge < -0.3 is 0 Å². The van der Waals surface area contributed by atoms with E-state index >= 15 is 0 Å². The minimum absolute atomic E-state index is 0.269. The molecule has 3 nitrogen and oxygen atoms in total. The molecule has 1 aromatic carbocycles. The molecule has 2 rings (SSSR count). The Morgan fingerprint density at radius 1 is 1.17 bits per heavy atom. The molecule has 0 atom stereocenters. The Balaban J connectivity index is 1.97. The minimum Gasteiger partial charge on any atom is -0.266 e. The third-order valence-corrected chi connectivity index (χ3v) is 3.27. The number of carbonyl (C=O) groups is 1. The van der Waals surface area contributed by atoms with Crippen molar-refractivity contribution in [2.45, 2.75) is 45.1 Å². The minimum atomic E-state index is -0.269. The average molecular weight is 242 g/mol. The summed E-state index contributed by atoms with van der Waals surface area (Å²) in [4.78, 5) is 19.7. The van der Waals surface area contributed by atoms with E-state index in [9.17, 15) is 4.79 Å². The lowest BCUT2D eigenvalue weighted by molar-refractivity contribution is 0.100. The van der Waals surface area contributed by atoms with Gasteiger partial charge in [-0.15, -0.1) is 4.99 Å². The molecule has 0 heterocycles. The quantitative estimate of drug-likeness (QED) is 0.730. The Morgan fingerprint density at radius 2 is 1.83 bits per heavy atom. The molecule has 18 heavy (non-hydrogen) atoms. The molecule has 1 aliphatic carbocycles. The molecule has 3 heteroatoms. The molecule has 0 radical (unpaired) electrons. The summed E-state index contributed by atoms with van der Waals surface area (Å²) in [6.45, 7) is 1.99. The van der Waals surface area contributed by atoms with Gasteiger partial charge >= 0.3 is 0 Å². The maximum atomic E-state index is 11.7. The summed E-state index contributed by atoms with van der Waals surface area (Å²) < 4.78 is 0. The van der Waals surface area contributed by atoms with Crippen molar-refractivity contribution in [3.05, 3.63) is 35.4 Å². The number of hydrogen-bond donors (Lipinski definition) is 0. The predicted octanol–water partition coefficient (Wildman–Crippen LogP) is 3.64. The van der Waals surface area contributed by atoms with Gasteiger partial charge in [-0.2, -0.15) is 0 Å². The van der Waals surface area contributed by atoms with Gasteiger partial charge in [-0.1, -0.05) is 37.0 Å². The van der Waals surface area contributed by atoms with E-state index in [1.54, 1.807) is 12.1 Å². The summed E-state index contributed by atoms with van der Waals surface area (Å²) in [6, 6.07) is 10.3. The molecule has 1 amide bonds. The highest BCUT2D eigenvalue weighted by Gasteiger charge is 2.10. The monoisotopic (exact) mass is 242 g/mol. The second-order valence-electron chi connectivity index (χ2n) is 4.80. The lowest BCUT2D eigenvalue weighted by Gasteiger charge is -2.15. The van der Waals surface area contributed by atoms with Gasteiger partial charge in [0.05, 0.1) is 12.1 Å². The Morgan fingerprint density at radius 3 is 2.50 bits per heavy atom. The van der Waals surface area contributed by atoms with Crippen molar-refractivity contribution < 1.29 is 4.79 Å². The molecule has 1 aliphatic rings. The molecule has 0 bridgehead atoms. The molecule has 0 aromatic heterocycles. The molecule has 0 unspecified atom stereocenters. The number of carbonyl (C=O) groups excluding carboxylic acids is 1. The fourth-order valence-electron chi connectivity index (χ4n) is 2.13. The third kappa shape index (κ3) is 3.64. The van der Waals surface area contributed by atoms with Gasteiger partial charge in [0.1, 0.15) is 0 Å². The topological polar surface area (TPSA) is 41.8 Å². The number of hydrogen-bond acceptors (Lipinski definition) is 2. The van der Waals surface area contributed by atoms with Crippen molar-refractivity contribution in [2.75, 3.05) is 0 Å². The van der Waals surface area contributed by atoms with E-state index in [4.69, 9.17) is 0 Å². The van der Waals surface area contributed by atoms with Crippen LogP contribution in [0.4, 0.5) is 0 Å². The van der Waals surface area contributed by atoms with Crippen LogP contribution in [-0.2, 0) is 0 Å².